The summed E-state index contributed by atoms with van der Waals surface area (Å²) in [5.41, 5.74) is 6.48. The van der Waals surface area contributed by atoms with Crippen LogP contribution >= 0.6 is 0 Å². The lowest BCUT2D eigenvalue weighted by Crippen LogP contribution is -2.42. The molecule has 0 aliphatic carbocycles. The summed E-state index contributed by atoms with van der Waals surface area (Å²) in [5.74, 6) is 0.910. The summed E-state index contributed by atoms with van der Waals surface area (Å²) in [6.45, 7) is 1.72. The van der Waals surface area contributed by atoms with Crippen molar-refractivity contribution in [3.8, 4) is 5.75 Å². The second kappa shape index (κ2) is 5.05. The van der Waals surface area contributed by atoms with Crippen molar-refractivity contribution in [1.29, 1.82) is 0 Å². The molecule has 5 nitrogen and oxygen atoms in total. The lowest BCUT2D eigenvalue weighted by Gasteiger charge is -2.29. The van der Waals surface area contributed by atoms with Gasteiger partial charge in [-0.3, -0.25) is 14.8 Å². The van der Waals surface area contributed by atoms with E-state index in [9.17, 15) is 4.79 Å². The molecule has 1 heterocycles. The van der Waals surface area contributed by atoms with Crippen molar-refractivity contribution < 1.29 is 9.53 Å². The average Bonchev–Trinajstić information content (AvgIpc) is 2.72. The van der Waals surface area contributed by atoms with E-state index in [0.29, 0.717) is 26.1 Å². The molecule has 0 unspecified atom stereocenters. The van der Waals surface area contributed by atoms with E-state index in [1.54, 1.807) is 12.1 Å². The Bertz CT molecular complexity index is 408. The second-order valence-electron chi connectivity index (χ2n) is 3.88. The van der Waals surface area contributed by atoms with Crippen LogP contribution in [0.1, 0.15) is 6.42 Å². The maximum atomic E-state index is 11.7. The summed E-state index contributed by atoms with van der Waals surface area (Å²) in [6.07, 6.45) is 0.539. The fraction of sp³-hybridized carbons (Fsp3) is 0.417. The number of hydrogen-bond acceptors (Lipinski definition) is 4. The standard InChI is InChI=1S/C12H17N3O2/c1-17-11-4-2-3-10(9-11)14-7-5-12(16)15(14)8-6-13/h2-4,9H,5-8,13H2,1H3. The van der Waals surface area contributed by atoms with Gasteiger partial charge in [0.25, 0.3) is 0 Å². The van der Waals surface area contributed by atoms with Crippen LogP contribution in [0.4, 0.5) is 5.69 Å². The van der Waals surface area contributed by atoms with Crippen LogP contribution in [0, 0.1) is 0 Å². The Morgan fingerprint density at radius 1 is 1.47 bits per heavy atom. The molecule has 1 fully saturated rings. The first kappa shape index (κ1) is 11.7. The maximum Gasteiger partial charge on any atom is 0.242 e. The van der Waals surface area contributed by atoms with E-state index in [2.05, 4.69) is 0 Å². The van der Waals surface area contributed by atoms with Gasteiger partial charge >= 0.3 is 0 Å². The zero-order valence-corrected chi connectivity index (χ0v) is 9.93. The number of amides is 1. The van der Waals surface area contributed by atoms with Gasteiger partial charge in [-0.05, 0) is 12.1 Å². The fourth-order valence-electron chi connectivity index (χ4n) is 1.99. The van der Waals surface area contributed by atoms with Crippen molar-refractivity contribution in [2.45, 2.75) is 6.42 Å². The Kier molecular flexibility index (Phi) is 3.49. The number of ether oxygens (including phenoxy) is 1. The average molecular weight is 235 g/mol. The topological polar surface area (TPSA) is 58.8 Å². The van der Waals surface area contributed by atoms with Gasteiger partial charge in [-0.2, -0.15) is 0 Å². The first-order chi connectivity index (χ1) is 8.26. The fourth-order valence-corrected chi connectivity index (χ4v) is 1.99. The number of anilines is 1. The Labute approximate surface area is 101 Å². The number of carbonyl (C=O) groups is 1. The lowest BCUT2D eigenvalue weighted by molar-refractivity contribution is -0.128. The van der Waals surface area contributed by atoms with Gasteiger partial charge < -0.3 is 10.5 Å². The molecule has 1 aliphatic heterocycles. The third-order valence-corrected chi connectivity index (χ3v) is 2.81. The third kappa shape index (κ3) is 2.34. The van der Waals surface area contributed by atoms with Crippen LogP contribution in [0.2, 0.25) is 0 Å². The largest absolute Gasteiger partial charge is 0.497 e. The van der Waals surface area contributed by atoms with E-state index in [4.69, 9.17) is 10.5 Å². The monoisotopic (exact) mass is 235 g/mol. The number of methoxy groups -OCH3 is 1. The highest BCUT2D eigenvalue weighted by molar-refractivity contribution is 5.82. The van der Waals surface area contributed by atoms with Gasteiger partial charge in [-0.1, -0.05) is 6.07 Å². The first-order valence-corrected chi connectivity index (χ1v) is 5.68. The number of nitrogens with zero attached hydrogens (tertiary/aromatic N) is 2. The Morgan fingerprint density at radius 2 is 2.29 bits per heavy atom. The summed E-state index contributed by atoms with van der Waals surface area (Å²) < 4.78 is 5.18. The molecule has 0 aromatic heterocycles. The minimum absolute atomic E-state index is 0.123. The van der Waals surface area contributed by atoms with E-state index in [1.165, 1.54) is 0 Å². The van der Waals surface area contributed by atoms with Crippen molar-refractivity contribution in [3.05, 3.63) is 24.3 Å². The molecule has 2 N–H and O–H groups in total. The van der Waals surface area contributed by atoms with Gasteiger partial charge in [0, 0.05) is 25.6 Å². The van der Waals surface area contributed by atoms with Crippen molar-refractivity contribution in [2.75, 3.05) is 31.8 Å². The van der Waals surface area contributed by atoms with Crippen molar-refractivity contribution in [3.63, 3.8) is 0 Å². The number of hydrogen-bond donors (Lipinski definition) is 1. The van der Waals surface area contributed by atoms with E-state index in [0.717, 1.165) is 11.4 Å². The van der Waals surface area contributed by atoms with Gasteiger partial charge in [-0.25, -0.2) is 0 Å². The maximum absolute atomic E-state index is 11.7. The molecule has 17 heavy (non-hydrogen) atoms. The molecule has 0 atom stereocenters. The highest BCUT2D eigenvalue weighted by Crippen LogP contribution is 2.25. The van der Waals surface area contributed by atoms with Crippen LogP contribution in [0.25, 0.3) is 0 Å². The predicted octanol–water partition coefficient (Wildman–Crippen LogP) is 0.608. The van der Waals surface area contributed by atoms with Gasteiger partial charge in [0.1, 0.15) is 5.75 Å². The van der Waals surface area contributed by atoms with Gasteiger partial charge in [0.2, 0.25) is 5.91 Å². The third-order valence-electron chi connectivity index (χ3n) is 2.81. The summed E-state index contributed by atoms with van der Waals surface area (Å²) in [7, 11) is 1.63. The highest BCUT2D eigenvalue weighted by atomic mass is 16.5. The van der Waals surface area contributed by atoms with Gasteiger partial charge in [0.05, 0.1) is 19.3 Å². The van der Waals surface area contributed by atoms with Gasteiger partial charge in [0.15, 0.2) is 0 Å². The molecule has 1 aliphatic rings. The van der Waals surface area contributed by atoms with Crippen LogP contribution in [-0.4, -0.2) is 37.7 Å². The molecule has 1 aromatic rings. The zero-order chi connectivity index (χ0) is 12.3. The number of nitrogens with two attached hydrogens (primary N) is 1. The van der Waals surface area contributed by atoms with Crippen molar-refractivity contribution in [1.82, 2.24) is 5.01 Å². The quantitative estimate of drug-likeness (QED) is 0.830. The number of hydrazine groups is 1. The molecule has 5 heteroatoms. The summed E-state index contributed by atoms with van der Waals surface area (Å²) in [6, 6.07) is 7.68. The smallest absolute Gasteiger partial charge is 0.242 e. The SMILES string of the molecule is COc1cccc(N2CCC(=O)N2CCN)c1. The molecule has 1 saturated heterocycles. The highest BCUT2D eigenvalue weighted by Gasteiger charge is 2.28. The molecule has 0 radical (unpaired) electrons. The number of rotatable bonds is 4. The van der Waals surface area contributed by atoms with Crippen LogP contribution < -0.4 is 15.5 Å². The van der Waals surface area contributed by atoms with Crippen LogP contribution in [0.5, 0.6) is 5.75 Å². The number of carbonyl (C=O) groups excluding carboxylic acids is 1. The normalized spacial score (nSPS) is 15.5. The molecule has 2 rings (SSSR count). The molecule has 0 bridgehead atoms. The Balaban J connectivity index is 2.22. The molecule has 1 amide bonds. The molecule has 0 spiro atoms. The van der Waals surface area contributed by atoms with Crippen LogP contribution in [0.15, 0.2) is 24.3 Å². The zero-order valence-electron chi connectivity index (χ0n) is 9.93. The van der Waals surface area contributed by atoms with E-state index in [-0.39, 0.29) is 5.91 Å². The molecular weight excluding hydrogens is 218 g/mol. The predicted molar refractivity (Wildman–Crippen MR) is 65.7 cm³/mol. The molecular formula is C12H17N3O2. The van der Waals surface area contributed by atoms with E-state index >= 15 is 0 Å². The number of benzene rings is 1. The molecule has 0 saturated carbocycles. The van der Waals surface area contributed by atoms with Crippen LogP contribution in [0.3, 0.4) is 0 Å². The van der Waals surface area contributed by atoms with Crippen LogP contribution in [-0.2, 0) is 4.79 Å². The molecule has 92 valence electrons. The van der Waals surface area contributed by atoms with Crippen molar-refractivity contribution >= 4 is 11.6 Å². The molecule has 1 aromatic carbocycles. The minimum atomic E-state index is 0.123. The van der Waals surface area contributed by atoms with E-state index < -0.39 is 0 Å². The van der Waals surface area contributed by atoms with Crippen molar-refractivity contribution in [2.24, 2.45) is 5.73 Å². The summed E-state index contributed by atoms with van der Waals surface area (Å²) in [5, 5.41) is 3.66. The lowest BCUT2D eigenvalue weighted by atomic mass is 10.3. The summed E-state index contributed by atoms with van der Waals surface area (Å²) in [4.78, 5) is 11.7. The summed E-state index contributed by atoms with van der Waals surface area (Å²) >= 11 is 0. The Morgan fingerprint density at radius 3 is 3.00 bits per heavy atom. The van der Waals surface area contributed by atoms with E-state index in [1.807, 2.05) is 29.3 Å². The second-order valence-corrected chi connectivity index (χ2v) is 3.88. The first-order valence-electron chi connectivity index (χ1n) is 5.68. The van der Waals surface area contributed by atoms with Gasteiger partial charge in [-0.15, -0.1) is 0 Å². The Hall–Kier alpha value is -1.75. The minimum Gasteiger partial charge on any atom is -0.497 e.